The molecule has 2 aromatic rings. The molecule has 4 nitrogen and oxygen atoms in total. The van der Waals surface area contributed by atoms with Crippen molar-refractivity contribution in [3.63, 3.8) is 0 Å². The van der Waals surface area contributed by atoms with E-state index < -0.39 is 17.5 Å². The third-order valence-electron chi connectivity index (χ3n) is 3.21. The second kappa shape index (κ2) is 6.64. The quantitative estimate of drug-likeness (QED) is 0.853. The molecular weight excluding hydrogens is 293 g/mol. The van der Waals surface area contributed by atoms with E-state index in [-0.39, 0.29) is 11.6 Å². The number of rotatable bonds is 5. The minimum atomic E-state index is -1.53. The van der Waals surface area contributed by atoms with Gasteiger partial charge in [-0.15, -0.1) is 0 Å². The molecule has 0 saturated carbocycles. The summed E-state index contributed by atoms with van der Waals surface area (Å²) in [7, 11) is 0. The first kappa shape index (κ1) is 16.1. The van der Waals surface area contributed by atoms with Crippen LogP contribution in [0.2, 0.25) is 0 Å². The van der Waals surface area contributed by atoms with Gasteiger partial charge < -0.3 is 10.2 Å². The molecule has 0 fully saturated rings. The number of hydrogen-bond donors (Lipinski definition) is 1. The third-order valence-corrected chi connectivity index (χ3v) is 3.21. The maximum atomic E-state index is 13.7. The van der Waals surface area contributed by atoms with Crippen molar-refractivity contribution in [2.24, 2.45) is 0 Å². The first-order chi connectivity index (χ1) is 10.5. The minimum absolute atomic E-state index is 0.131. The molecule has 1 aromatic carbocycles. The number of benzene rings is 1. The van der Waals surface area contributed by atoms with Gasteiger partial charge in [-0.25, -0.2) is 18.2 Å². The van der Waals surface area contributed by atoms with Gasteiger partial charge in [-0.3, -0.25) is 0 Å². The summed E-state index contributed by atoms with van der Waals surface area (Å²) in [6.45, 7) is 7.27. The van der Waals surface area contributed by atoms with Crippen LogP contribution in [0.5, 0.6) is 0 Å². The van der Waals surface area contributed by atoms with Gasteiger partial charge >= 0.3 is 0 Å². The lowest BCUT2D eigenvalue weighted by Crippen LogP contribution is -2.23. The van der Waals surface area contributed by atoms with Crippen LogP contribution < -0.4 is 10.2 Å². The number of anilines is 3. The Morgan fingerprint density at radius 1 is 1.05 bits per heavy atom. The van der Waals surface area contributed by atoms with Crippen LogP contribution in [-0.4, -0.2) is 23.1 Å². The van der Waals surface area contributed by atoms with Gasteiger partial charge in [-0.1, -0.05) is 0 Å². The molecular formula is C15H17F3N4. The zero-order valence-electron chi connectivity index (χ0n) is 12.6. The highest BCUT2D eigenvalue weighted by Gasteiger charge is 2.15. The molecule has 0 atom stereocenters. The van der Waals surface area contributed by atoms with Crippen LogP contribution in [0.1, 0.15) is 19.5 Å². The predicted octanol–water partition coefficient (Wildman–Crippen LogP) is 3.79. The van der Waals surface area contributed by atoms with E-state index in [1.165, 1.54) is 0 Å². The number of hydrogen-bond acceptors (Lipinski definition) is 4. The standard InChI is InChI=1S/C15H17F3N4/c1-4-22(5-2)12-8-9(3)19-15(21-12)20-11-7-6-10(16)13(17)14(11)18/h6-8H,4-5H2,1-3H3,(H,19,20,21). The molecule has 2 rings (SSSR count). The van der Waals surface area contributed by atoms with Crippen LogP contribution in [0, 0.1) is 24.4 Å². The molecule has 1 N–H and O–H groups in total. The Labute approximate surface area is 127 Å². The van der Waals surface area contributed by atoms with Crippen molar-refractivity contribution in [2.45, 2.75) is 20.8 Å². The molecule has 1 heterocycles. The fourth-order valence-corrected chi connectivity index (χ4v) is 2.06. The van der Waals surface area contributed by atoms with E-state index in [1.807, 2.05) is 18.7 Å². The monoisotopic (exact) mass is 310 g/mol. The summed E-state index contributed by atoms with van der Waals surface area (Å²) < 4.78 is 39.9. The second-order valence-corrected chi connectivity index (χ2v) is 4.71. The smallest absolute Gasteiger partial charge is 0.229 e. The maximum absolute atomic E-state index is 13.7. The van der Waals surface area contributed by atoms with Crippen molar-refractivity contribution in [3.05, 3.63) is 41.3 Å². The van der Waals surface area contributed by atoms with Crippen molar-refractivity contribution < 1.29 is 13.2 Å². The SMILES string of the molecule is CCN(CC)c1cc(C)nc(Nc2ccc(F)c(F)c2F)n1. The summed E-state index contributed by atoms with van der Waals surface area (Å²) in [5, 5.41) is 2.59. The van der Waals surface area contributed by atoms with Crippen molar-refractivity contribution >= 4 is 17.5 Å². The zero-order chi connectivity index (χ0) is 16.3. The highest BCUT2D eigenvalue weighted by atomic mass is 19.2. The minimum Gasteiger partial charge on any atom is -0.357 e. The molecule has 22 heavy (non-hydrogen) atoms. The van der Waals surface area contributed by atoms with E-state index in [2.05, 4.69) is 15.3 Å². The molecule has 0 unspecified atom stereocenters. The summed E-state index contributed by atoms with van der Waals surface area (Å²) in [5.74, 6) is -3.25. The van der Waals surface area contributed by atoms with Gasteiger partial charge in [0.2, 0.25) is 5.95 Å². The number of aryl methyl sites for hydroxylation is 1. The van der Waals surface area contributed by atoms with Gasteiger partial charge in [0.1, 0.15) is 5.82 Å². The highest BCUT2D eigenvalue weighted by molar-refractivity contribution is 5.56. The van der Waals surface area contributed by atoms with E-state index in [1.54, 1.807) is 13.0 Å². The largest absolute Gasteiger partial charge is 0.357 e. The summed E-state index contributed by atoms with van der Waals surface area (Å²) in [6, 6.07) is 3.76. The van der Waals surface area contributed by atoms with E-state index >= 15 is 0 Å². The first-order valence-electron chi connectivity index (χ1n) is 6.97. The van der Waals surface area contributed by atoms with Crippen LogP contribution in [0.4, 0.5) is 30.6 Å². The Bertz CT molecular complexity index is 672. The van der Waals surface area contributed by atoms with Crippen molar-refractivity contribution in [1.29, 1.82) is 0 Å². The molecule has 0 aliphatic rings. The Hall–Kier alpha value is -2.31. The fourth-order valence-electron chi connectivity index (χ4n) is 2.06. The van der Waals surface area contributed by atoms with Crippen LogP contribution in [0.3, 0.4) is 0 Å². The van der Waals surface area contributed by atoms with Crippen molar-refractivity contribution in [1.82, 2.24) is 9.97 Å². The maximum Gasteiger partial charge on any atom is 0.229 e. The normalized spacial score (nSPS) is 10.6. The highest BCUT2D eigenvalue weighted by Crippen LogP contribution is 2.23. The van der Waals surface area contributed by atoms with Crippen LogP contribution in [0.15, 0.2) is 18.2 Å². The summed E-state index contributed by atoms with van der Waals surface area (Å²) in [6.07, 6.45) is 0. The molecule has 0 saturated heterocycles. The average molecular weight is 310 g/mol. The number of halogens is 3. The Balaban J connectivity index is 2.36. The van der Waals surface area contributed by atoms with Gasteiger partial charge in [0.15, 0.2) is 17.5 Å². The molecule has 0 radical (unpaired) electrons. The Morgan fingerprint density at radius 3 is 2.36 bits per heavy atom. The van der Waals surface area contributed by atoms with E-state index in [0.29, 0.717) is 11.5 Å². The van der Waals surface area contributed by atoms with E-state index in [0.717, 1.165) is 25.2 Å². The average Bonchev–Trinajstić information content (AvgIpc) is 2.49. The third kappa shape index (κ3) is 3.29. The summed E-state index contributed by atoms with van der Waals surface area (Å²) >= 11 is 0. The molecule has 0 spiro atoms. The molecule has 118 valence electrons. The van der Waals surface area contributed by atoms with E-state index in [4.69, 9.17) is 0 Å². The lowest BCUT2D eigenvalue weighted by Gasteiger charge is -2.20. The van der Waals surface area contributed by atoms with Crippen LogP contribution >= 0.6 is 0 Å². The molecule has 1 aromatic heterocycles. The molecule has 0 amide bonds. The number of aromatic nitrogens is 2. The summed E-state index contributed by atoms with van der Waals surface area (Å²) in [5.41, 5.74) is 0.470. The fraction of sp³-hybridized carbons (Fsp3) is 0.333. The molecule has 0 bridgehead atoms. The predicted molar refractivity (Wildman–Crippen MR) is 79.9 cm³/mol. The number of nitrogens with one attached hydrogen (secondary N) is 1. The van der Waals surface area contributed by atoms with Crippen LogP contribution in [-0.2, 0) is 0 Å². The molecule has 7 heteroatoms. The van der Waals surface area contributed by atoms with Gasteiger partial charge in [-0.2, -0.15) is 4.98 Å². The molecule has 0 aliphatic carbocycles. The lowest BCUT2D eigenvalue weighted by molar-refractivity contribution is 0.449. The number of nitrogens with zero attached hydrogens (tertiary/aromatic N) is 3. The Morgan fingerprint density at radius 2 is 1.73 bits per heavy atom. The van der Waals surface area contributed by atoms with Crippen LogP contribution in [0.25, 0.3) is 0 Å². The van der Waals surface area contributed by atoms with Gasteiger partial charge in [-0.05, 0) is 32.9 Å². The molecule has 0 aliphatic heterocycles. The topological polar surface area (TPSA) is 41.1 Å². The van der Waals surface area contributed by atoms with Gasteiger partial charge in [0, 0.05) is 24.8 Å². The first-order valence-corrected chi connectivity index (χ1v) is 6.97. The summed E-state index contributed by atoms with van der Waals surface area (Å²) in [4.78, 5) is 10.4. The lowest BCUT2D eigenvalue weighted by atomic mass is 10.3. The second-order valence-electron chi connectivity index (χ2n) is 4.71. The van der Waals surface area contributed by atoms with E-state index in [9.17, 15) is 13.2 Å². The van der Waals surface area contributed by atoms with Gasteiger partial charge in [0.05, 0.1) is 5.69 Å². The van der Waals surface area contributed by atoms with Gasteiger partial charge in [0.25, 0.3) is 0 Å². The zero-order valence-corrected chi connectivity index (χ0v) is 12.6. The van der Waals surface area contributed by atoms with Crippen molar-refractivity contribution in [2.75, 3.05) is 23.3 Å². The Kier molecular flexibility index (Phi) is 4.85. The van der Waals surface area contributed by atoms with Crippen molar-refractivity contribution in [3.8, 4) is 0 Å².